The third-order valence-electron chi connectivity index (χ3n) is 3.88. The molecule has 0 atom stereocenters. The summed E-state index contributed by atoms with van der Waals surface area (Å²) in [5, 5.41) is 2.90. The van der Waals surface area contributed by atoms with Crippen molar-refractivity contribution in [2.75, 3.05) is 18.5 Å². The number of nitrogens with zero attached hydrogens (tertiary/aromatic N) is 2. The molecular formula is C19H19N3O5S2. The largest absolute Gasteiger partial charge is 0.462 e. The average Bonchev–Trinajstić information content (AvgIpc) is 3.30. The molecule has 0 saturated carbocycles. The molecular weight excluding hydrogens is 414 g/mol. The van der Waals surface area contributed by atoms with Crippen LogP contribution in [-0.4, -0.2) is 40.4 Å². The number of ether oxygens (including phenoxy) is 2. The van der Waals surface area contributed by atoms with Gasteiger partial charge in [-0.2, -0.15) is 0 Å². The number of thiazole rings is 1. The molecule has 0 aromatic carbocycles. The monoisotopic (exact) mass is 433 g/mol. The van der Waals surface area contributed by atoms with Gasteiger partial charge in [-0.05, 0) is 26.3 Å². The minimum absolute atomic E-state index is 0.0391. The lowest BCUT2D eigenvalue weighted by molar-refractivity contribution is 0.0527. The molecule has 3 aromatic rings. The van der Waals surface area contributed by atoms with E-state index in [0.717, 1.165) is 16.2 Å². The topological polar surface area (TPSA) is 99.0 Å². The van der Waals surface area contributed by atoms with Crippen LogP contribution in [-0.2, 0) is 9.47 Å². The number of fused-ring (bicyclic) bond motifs is 1. The van der Waals surface area contributed by atoms with Crippen LogP contribution in [0.3, 0.4) is 0 Å². The smallest absolute Gasteiger partial charge is 0.348 e. The summed E-state index contributed by atoms with van der Waals surface area (Å²) in [5.41, 5.74) is 0.722. The highest BCUT2D eigenvalue weighted by atomic mass is 32.1. The second kappa shape index (κ2) is 8.58. The normalized spacial score (nSPS) is 10.7. The van der Waals surface area contributed by atoms with Crippen LogP contribution in [0.4, 0.5) is 5.00 Å². The Kier molecular flexibility index (Phi) is 6.14. The van der Waals surface area contributed by atoms with Crippen LogP contribution in [0.1, 0.15) is 47.9 Å². The van der Waals surface area contributed by atoms with Crippen LogP contribution in [0.2, 0.25) is 0 Å². The SMILES string of the molecule is C=CCOC(=O)c1sc(NC(=O)c2cn3cc(C)sc3n2)c(C(=O)OCC)c1C. The summed E-state index contributed by atoms with van der Waals surface area (Å²) in [4.78, 5) is 43.7. The summed E-state index contributed by atoms with van der Waals surface area (Å²) in [6.07, 6.45) is 4.93. The minimum atomic E-state index is -0.624. The molecule has 0 fully saturated rings. The molecule has 0 bridgehead atoms. The van der Waals surface area contributed by atoms with E-state index in [4.69, 9.17) is 9.47 Å². The molecule has 152 valence electrons. The Balaban J connectivity index is 1.93. The Labute approximate surface area is 174 Å². The van der Waals surface area contributed by atoms with Crippen molar-refractivity contribution in [3.63, 3.8) is 0 Å². The van der Waals surface area contributed by atoms with Crippen LogP contribution in [0.15, 0.2) is 25.0 Å². The molecule has 10 heteroatoms. The minimum Gasteiger partial charge on any atom is -0.462 e. The number of amides is 1. The molecule has 1 N–H and O–H groups in total. The lowest BCUT2D eigenvalue weighted by atomic mass is 10.1. The lowest BCUT2D eigenvalue weighted by Gasteiger charge is -2.06. The molecule has 3 rings (SSSR count). The second-order valence-corrected chi connectivity index (χ2v) is 8.21. The van der Waals surface area contributed by atoms with E-state index in [1.165, 1.54) is 17.4 Å². The Morgan fingerprint density at radius 2 is 1.97 bits per heavy atom. The second-order valence-electron chi connectivity index (χ2n) is 5.98. The van der Waals surface area contributed by atoms with Crippen molar-refractivity contribution in [2.24, 2.45) is 0 Å². The van der Waals surface area contributed by atoms with Crippen molar-refractivity contribution in [1.82, 2.24) is 9.38 Å². The van der Waals surface area contributed by atoms with Crippen LogP contribution in [0, 0.1) is 13.8 Å². The molecule has 0 spiro atoms. The van der Waals surface area contributed by atoms with Gasteiger partial charge in [-0.25, -0.2) is 14.6 Å². The molecule has 0 aliphatic rings. The molecule has 0 saturated heterocycles. The van der Waals surface area contributed by atoms with E-state index in [1.54, 1.807) is 24.4 Å². The quantitative estimate of drug-likeness (QED) is 0.449. The highest BCUT2D eigenvalue weighted by molar-refractivity contribution is 7.18. The van der Waals surface area contributed by atoms with Crippen LogP contribution >= 0.6 is 22.7 Å². The van der Waals surface area contributed by atoms with Crippen LogP contribution in [0.25, 0.3) is 4.96 Å². The number of aryl methyl sites for hydroxylation is 1. The molecule has 1 amide bonds. The van der Waals surface area contributed by atoms with Crippen LogP contribution < -0.4 is 5.32 Å². The zero-order valence-electron chi connectivity index (χ0n) is 16.1. The van der Waals surface area contributed by atoms with Gasteiger partial charge in [0.1, 0.15) is 22.2 Å². The fourth-order valence-electron chi connectivity index (χ4n) is 2.63. The first-order valence-electron chi connectivity index (χ1n) is 8.70. The van der Waals surface area contributed by atoms with Gasteiger partial charge < -0.3 is 14.8 Å². The Morgan fingerprint density at radius 1 is 1.21 bits per heavy atom. The first-order valence-corrected chi connectivity index (χ1v) is 10.3. The predicted molar refractivity (Wildman–Crippen MR) is 111 cm³/mol. The fourth-order valence-corrected chi connectivity index (χ4v) is 4.53. The van der Waals surface area contributed by atoms with Crippen molar-refractivity contribution in [3.8, 4) is 0 Å². The fraction of sp³-hybridized carbons (Fsp3) is 0.263. The van der Waals surface area contributed by atoms with Gasteiger partial charge in [0, 0.05) is 17.3 Å². The lowest BCUT2D eigenvalue weighted by Crippen LogP contribution is -2.15. The van der Waals surface area contributed by atoms with E-state index in [-0.39, 0.29) is 34.3 Å². The summed E-state index contributed by atoms with van der Waals surface area (Å²) in [7, 11) is 0. The third kappa shape index (κ3) is 4.22. The Morgan fingerprint density at radius 3 is 2.62 bits per heavy atom. The summed E-state index contributed by atoms with van der Waals surface area (Å²) < 4.78 is 11.9. The van der Waals surface area contributed by atoms with Gasteiger partial charge in [-0.1, -0.05) is 12.7 Å². The summed E-state index contributed by atoms with van der Waals surface area (Å²) in [5.74, 6) is -1.71. The number of imidazole rings is 1. The third-order valence-corrected chi connectivity index (χ3v) is 5.97. The van der Waals surface area contributed by atoms with Gasteiger partial charge >= 0.3 is 11.9 Å². The molecule has 0 radical (unpaired) electrons. The Bertz CT molecular complexity index is 1080. The van der Waals surface area contributed by atoms with E-state index in [2.05, 4.69) is 16.9 Å². The van der Waals surface area contributed by atoms with Gasteiger partial charge in [0.05, 0.1) is 12.2 Å². The van der Waals surface area contributed by atoms with Gasteiger partial charge in [-0.3, -0.25) is 9.20 Å². The standard InChI is InChI=1S/C19H19N3O5S2/c1-5-7-27-18(25)14-11(4)13(17(24)26-6-2)16(29-14)21-15(23)12-9-22-8-10(3)28-19(22)20-12/h5,8-9H,1,6-7H2,2-4H3,(H,21,23). The van der Waals surface area contributed by atoms with E-state index in [9.17, 15) is 14.4 Å². The maximum absolute atomic E-state index is 12.7. The van der Waals surface area contributed by atoms with Crippen molar-refractivity contribution >= 4 is 50.5 Å². The van der Waals surface area contributed by atoms with Gasteiger partial charge in [0.15, 0.2) is 4.96 Å². The average molecular weight is 434 g/mol. The number of hydrogen-bond donors (Lipinski definition) is 1. The van der Waals surface area contributed by atoms with Crippen molar-refractivity contribution in [3.05, 3.63) is 51.6 Å². The first kappa shape index (κ1) is 20.7. The molecule has 8 nitrogen and oxygen atoms in total. The Hall–Kier alpha value is -2.98. The highest BCUT2D eigenvalue weighted by Crippen LogP contribution is 2.34. The van der Waals surface area contributed by atoms with Crippen molar-refractivity contribution in [1.29, 1.82) is 0 Å². The number of esters is 2. The van der Waals surface area contributed by atoms with Crippen LogP contribution in [0.5, 0.6) is 0 Å². The predicted octanol–water partition coefficient (Wildman–Crippen LogP) is 3.85. The van der Waals surface area contributed by atoms with E-state index >= 15 is 0 Å². The van der Waals surface area contributed by atoms with E-state index < -0.39 is 17.8 Å². The first-order chi connectivity index (χ1) is 13.8. The number of rotatable bonds is 7. The number of anilines is 1. The van der Waals surface area contributed by atoms with Gasteiger partial charge in [-0.15, -0.1) is 22.7 Å². The summed E-state index contributed by atoms with van der Waals surface area (Å²) >= 11 is 2.42. The molecule has 3 aromatic heterocycles. The van der Waals surface area contributed by atoms with Crippen molar-refractivity contribution in [2.45, 2.75) is 20.8 Å². The molecule has 29 heavy (non-hydrogen) atoms. The zero-order chi connectivity index (χ0) is 21.1. The molecule has 0 unspecified atom stereocenters. The van der Waals surface area contributed by atoms with Crippen molar-refractivity contribution < 1.29 is 23.9 Å². The van der Waals surface area contributed by atoms with E-state index in [1.807, 2.05) is 13.1 Å². The molecule has 3 heterocycles. The number of aromatic nitrogens is 2. The number of thiophene rings is 1. The number of nitrogens with one attached hydrogen (secondary N) is 1. The maximum atomic E-state index is 12.7. The maximum Gasteiger partial charge on any atom is 0.348 e. The van der Waals surface area contributed by atoms with Gasteiger partial charge in [0.2, 0.25) is 0 Å². The summed E-state index contributed by atoms with van der Waals surface area (Å²) in [6, 6.07) is 0. The van der Waals surface area contributed by atoms with Gasteiger partial charge in [0.25, 0.3) is 5.91 Å². The molecule has 0 aliphatic heterocycles. The van der Waals surface area contributed by atoms with E-state index in [0.29, 0.717) is 10.5 Å². The number of hydrogen-bond acceptors (Lipinski definition) is 8. The number of carbonyl (C=O) groups is 3. The zero-order valence-corrected chi connectivity index (χ0v) is 17.7. The summed E-state index contributed by atoms with van der Waals surface area (Å²) in [6.45, 7) is 8.94. The highest BCUT2D eigenvalue weighted by Gasteiger charge is 2.28. The molecule has 0 aliphatic carbocycles. The number of carbonyl (C=O) groups excluding carboxylic acids is 3.